The molecular weight excluding hydrogens is 112 g/mol. The van der Waals surface area contributed by atoms with Crippen molar-refractivity contribution in [3.8, 4) is 0 Å². The van der Waals surface area contributed by atoms with Crippen LogP contribution in [-0.2, 0) is 0 Å². The molecule has 52 valence electrons. The molecule has 0 amide bonds. The third kappa shape index (κ3) is 0.578. The maximum atomic E-state index is 5.60. The molecule has 0 aromatic heterocycles. The molecule has 3 aliphatic rings. The first-order valence-corrected chi connectivity index (χ1v) is 3.75. The molecule has 0 aromatic carbocycles. The van der Waals surface area contributed by atoms with Gasteiger partial charge in [0.15, 0.2) is 0 Å². The molecule has 3 fully saturated rings. The Balaban J connectivity index is 2.08. The molecule has 0 aromatic rings. The molecule has 2 saturated heterocycles. The number of rotatable bonds is 1. The minimum Gasteiger partial charge on any atom is -0.329 e. The number of fused-ring (bicyclic) bond motifs is 1. The van der Waals surface area contributed by atoms with Crippen LogP contribution >= 0.6 is 0 Å². The minimum absolute atomic E-state index is 0.718. The van der Waals surface area contributed by atoms with Gasteiger partial charge in [0.2, 0.25) is 0 Å². The Morgan fingerprint density at radius 3 is 2.44 bits per heavy atom. The van der Waals surface area contributed by atoms with E-state index < -0.39 is 0 Å². The first-order chi connectivity index (χ1) is 4.33. The van der Waals surface area contributed by atoms with Gasteiger partial charge in [-0.05, 0) is 25.8 Å². The van der Waals surface area contributed by atoms with Crippen molar-refractivity contribution in [1.82, 2.24) is 4.90 Å². The lowest BCUT2D eigenvalue weighted by molar-refractivity contribution is 0.271. The third-order valence-corrected chi connectivity index (χ3v) is 3.03. The summed E-state index contributed by atoms with van der Waals surface area (Å²) in [4.78, 5) is 2.45. The summed E-state index contributed by atoms with van der Waals surface area (Å²) in [5.74, 6) is 0.949. The van der Waals surface area contributed by atoms with E-state index in [1.54, 1.807) is 0 Å². The van der Waals surface area contributed by atoms with E-state index >= 15 is 0 Å². The smallest absolute Gasteiger partial charge is 0.0247 e. The zero-order valence-corrected chi connectivity index (χ0v) is 5.88. The molecular formula is C7H14N2. The molecule has 1 saturated carbocycles. The standard InChI is InChI=1S/C7H14N2/c1-9-6-2-5(3-6)7(9)4-8/h5-7H,2-4,8H2,1H3. The average molecular weight is 126 g/mol. The number of likely N-dealkylation sites (N-methyl/N-ethyl adjacent to an activating group) is 1. The van der Waals surface area contributed by atoms with E-state index in [0.717, 1.165) is 24.5 Å². The van der Waals surface area contributed by atoms with Gasteiger partial charge < -0.3 is 5.73 Å². The monoisotopic (exact) mass is 126 g/mol. The lowest BCUT2D eigenvalue weighted by Crippen LogP contribution is -2.32. The summed E-state index contributed by atoms with van der Waals surface area (Å²) in [6.45, 7) is 0.859. The van der Waals surface area contributed by atoms with Gasteiger partial charge in [0.25, 0.3) is 0 Å². The van der Waals surface area contributed by atoms with Crippen LogP contribution in [0.4, 0.5) is 0 Å². The van der Waals surface area contributed by atoms with Crippen molar-refractivity contribution in [1.29, 1.82) is 0 Å². The Bertz CT molecular complexity index is 118. The third-order valence-electron chi connectivity index (χ3n) is 3.03. The van der Waals surface area contributed by atoms with E-state index in [4.69, 9.17) is 5.73 Å². The first-order valence-electron chi connectivity index (χ1n) is 3.75. The van der Waals surface area contributed by atoms with Gasteiger partial charge in [-0.15, -0.1) is 0 Å². The highest BCUT2D eigenvalue weighted by atomic mass is 15.2. The molecule has 3 rings (SSSR count). The first kappa shape index (κ1) is 5.69. The van der Waals surface area contributed by atoms with Crippen LogP contribution in [0.3, 0.4) is 0 Å². The summed E-state index contributed by atoms with van der Waals surface area (Å²) < 4.78 is 0. The molecule has 1 atom stereocenters. The van der Waals surface area contributed by atoms with Crippen LogP contribution in [0.5, 0.6) is 0 Å². The highest BCUT2D eigenvalue weighted by molar-refractivity contribution is 5.02. The Hall–Kier alpha value is -0.0800. The van der Waals surface area contributed by atoms with Crippen LogP contribution in [0, 0.1) is 5.92 Å². The topological polar surface area (TPSA) is 29.3 Å². The van der Waals surface area contributed by atoms with Gasteiger partial charge >= 0.3 is 0 Å². The average Bonchev–Trinajstić information content (AvgIpc) is 2.15. The van der Waals surface area contributed by atoms with E-state index in [1.165, 1.54) is 12.8 Å². The van der Waals surface area contributed by atoms with Gasteiger partial charge in [0, 0.05) is 18.6 Å². The fraction of sp³-hybridized carbons (Fsp3) is 1.00. The van der Waals surface area contributed by atoms with Crippen LogP contribution in [0.2, 0.25) is 0 Å². The molecule has 2 heteroatoms. The van der Waals surface area contributed by atoms with E-state index in [-0.39, 0.29) is 0 Å². The normalized spacial score (nSPS) is 49.3. The Kier molecular flexibility index (Phi) is 1.08. The summed E-state index contributed by atoms with van der Waals surface area (Å²) in [6, 6.07) is 1.61. The molecule has 2 aliphatic heterocycles. The quantitative estimate of drug-likeness (QED) is 0.537. The van der Waals surface area contributed by atoms with Gasteiger partial charge in [-0.1, -0.05) is 0 Å². The molecule has 9 heavy (non-hydrogen) atoms. The van der Waals surface area contributed by atoms with E-state index in [2.05, 4.69) is 11.9 Å². The van der Waals surface area contributed by atoms with Gasteiger partial charge in [-0.3, -0.25) is 4.90 Å². The largest absolute Gasteiger partial charge is 0.329 e. The molecule has 0 spiro atoms. The van der Waals surface area contributed by atoms with Crippen LogP contribution in [0.15, 0.2) is 0 Å². The molecule has 1 aliphatic carbocycles. The Morgan fingerprint density at radius 1 is 1.56 bits per heavy atom. The summed E-state index contributed by atoms with van der Waals surface area (Å²) in [5, 5.41) is 0. The van der Waals surface area contributed by atoms with Gasteiger partial charge in [0.1, 0.15) is 0 Å². The summed E-state index contributed by atoms with van der Waals surface area (Å²) in [7, 11) is 2.20. The van der Waals surface area contributed by atoms with Crippen molar-refractivity contribution in [3.05, 3.63) is 0 Å². The summed E-state index contributed by atoms with van der Waals surface area (Å²) >= 11 is 0. The molecule has 1 unspecified atom stereocenters. The second-order valence-corrected chi connectivity index (χ2v) is 3.35. The van der Waals surface area contributed by atoms with Crippen molar-refractivity contribution in [2.45, 2.75) is 24.9 Å². The van der Waals surface area contributed by atoms with Gasteiger partial charge in [0.05, 0.1) is 0 Å². The van der Waals surface area contributed by atoms with Crippen molar-refractivity contribution in [2.75, 3.05) is 13.6 Å². The van der Waals surface area contributed by atoms with E-state index in [0.29, 0.717) is 0 Å². The molecule has 2 N–H and O–H groups in total. The highest BCUT2D eigenvalue weighted by Gasteiger charge is 2.47. The Morgan fingerprint density at radius 2 is 2.22 bits per heavy atom. The SMILES string of the molecule is CN1C2CC(C2)C1CN. The maximum absolute atomic E-state index is 5.60. The minimum atomic E-state index is 0.718. The van der Waals surface area contributed by atoms with Gasteiger partial charge in [-0.25, -0.2) is 0 Å². The van der Waals surface area contributed by atoms with Crippen LogP contribution in [0.25, 0.3) is 0 Å². The number of nitrogens with zero attached hydrogens (tertiary/aromatic N) is 1. The van der Waals surface area contributed by atoms with Gasteiger partial charge in [-0.2, -0.15) is 0 Å². The lowest BCUT2D eigenvalue weighted by atomic mass is 9.83. The Labute approximate surface area is 56.0 Å². The van der Waals surface area contributed by atoms with Crippen LogP contribution in [0.1, 0.15) is 12.8 Å². The highest BCUT2D eigenvalue weighted by Crippen LogP contribution is 2.43. The second-order valence-electron chi connectivity index (χ2n) is 3.35. The molecule has 2 heterocycles. The number of hydrogen-bond donors (Lipinski definition) is 1. The molecule has 2 nitrogen and oxygen atoms in total. The van der Waals surface area contributed by atoms with Crippen molar-refractivity contribution in [2.24, 2.45) is 11.7 Å². The van der Waals surface area contributed by atoms with E-state index in [9.17, 15) is 0 Å². The van der Waals surface area contributed by atoms with Crippen molar-refractivity contribution < 1.29 is 0 Å². The van der Waals surface area contributed by atoms with E-state index in [1.807, 2.05) is 0 Å². The second kappa shape index (κ2) is 1.70. The molecule has 0 radical (unpaired) electrons. The summed E-state index contributed by atoms with van der Waals surface area (Å²) in [5.41, 5.74) is 5.60. The number of nitrogens with two attached hydrogens (primary N) is 1. The fourth-order valence-corrected chi connectivity index (χ4v) is 2.24. The van der Waals surface area contributed by atoms with Crippen molar-refractivity contribution in [3.63, 3.8) is 0 Å². The van der Waals surface area contributed by atoms with Crippen LogP contribution in [-0.4, -0.2) is 30.6 Å². The number of hydrogen-bond acceptors (Lipinski definition) is 2. The zero-order chi connectivity index (χ0) is 6.43. The summed E-state index contributed by atoms with van der Waals surface area (Å²) in [6.07, 6.45) is 2.83. The predicted octanol–water partition coefficient (Wildman–Crippen LogP) is 0.0377. The maximum Gasteiger partial charge on any atom is 0.0247 e. The predicted molar refractivity (Wildman–Crippen MR) is 37.1 cm³/mol. The van der Waals surface area contributed by atoms with Crippen molar-refractivity contribution >= 4 is 0 Å². The molecule has 2 bridgehead atoms. The lowest BCUT2D eigenvalue weighted by Gasteiger charge is -2.23. The van der Waals surface area contributed by atoms with Crippen LogP contribution < -0.4 is 5.73 Å². The fourth-order valence-electron chi connectivity index (χ4n) is 2.24. The zero-order valence-electron chi connectivity index (χ0n) is 5.88.